The molecule has 0 aromatic carbocycles. The molecule has 1 saturated carbocycles. The molecular formula is C15H27N5. The molecule has 5 heteroatoms. The van der Waals surface area contributed by atoms with E-state index in [1.165, 1.54) is 38.5 Å². The summed E-state index contributed by atoms with van der Waals surface area (Å²) in [4.78, 5) is 11.1. The third-order valence-corrected chi connectivity index (χ3v) is 4.28. The molecule has 0 spiro atoms. The minimum Gasteiger partial charge on any atom is -0.356 e. The van der Waals surface area contributed by atoms with E-state index in [0.717, 1.165) is 17.2 Å². The third-order valence-electron chi connectivity index (χ3n) is 4.28. The molecule has 0 unspecified atom stereocenters. The zero-order valence-electron chi connectivity index (χ0n) is 12.9. The minimum atomic E-state index is 0.338. The van der Waals surface area contributed by atoms with Crippen molar-refractivity contribution in [3.05, 3.63) is 11.9 Å². The van der Waals surface area contributed by atoms with Crippen LogP contribution >= 0.6 is 0 Å². The van der Waals surface area contributed by atoms with Gasteiger partial charge in [-0.2, -0.15) is 0 Å². The quantitative estimate of drug-likeness (QED) is 0.503. The van der Waals surface area contributed by atoms with Gasteiger partial charge in [-0.1, -0.05) is 39.5 Å². The summed E-state index contributed by atoms with van der Waals surface area (Å²) in [6.07, 6.45) is 9.47. The fourth-order valence-corrected chi connectivity index (χ4v) is 3.13. The Labute approximate surface area is 121 Å². The van der Waals surface area contributed by atoms with Crippen LogP contribution in [0, 0.1) is 0 Å². The molecule has 5 nitrogen and oxygen atoms in total. The number of nitrogens with two attached hydrogens (primary N) is 1. The summed E-state index contributed by atoms with van der Waals surface area (Å²) < 4.78 is 0. The van der Waals surface area contributed by atoms with E-state index in [9.17, 15) is 0 Å². The second-order valence-corrected chi connectivity index (χ2v) is 6.01. The van der Waals surface area contributed by atoms with Gasteiger partial charge in [0.15, 0.2) is 0 Å². The molecule has 0 bridgehead atoms. The van der Waals surface area contributed by atoms with Crippen LogP contribution in [0.1, 0.15) is 63.9 Å². The van der Waals surface area contributed by atoms with Crippen LogP contribution in [0.15, 0.2) is 6.33 Å². The zero-order chi connectivity index (χ0) is 14.5. The maximum absolute atomic E-state index is 5.60. The number of hydrogen-bond acceptors (Lipinski definition) is 5. The highest BCUT2D eigenvalue weighted by Crippen LogP contribution is 2.33. The Bertz CT molecular complexity index is 424. The first-order valence-electron chi connectivity index (χ1n) is 7.69. The molecule has 0 atom stereocenters. The highest BCUT2D eigenvalue weighted by molar-refractivity contribution is 5.60. The first-order chi connectivity index (χ1) is 9.65. The normalized spacial score (nSPS) is 17.1. The summed E-state index contributed by atoms with van der Waals surface area (Å²) in [5.41, 5.74) is 3.82. The van der Waals surface area contributed by atoms with Crippen LogP contribution in [-0.2, 0) is 0 Å². The fourth-order valence-electron chi connectivity index (χ4n) is 3.13. The van der Waals surface area contributed by atoms with Gasteiger partial charge in [-0.3, -0.25) is 0 Å². The van der Waals surface area contributed by atoms with Crippen LogP contribution in [0.5, 0.6) is 0 Å². The lowest BCUT2D eigenvalue weighted by molar-refractivity contribution is 0.546. The summed E-state index contributed by atoms with van der Waals surface area (Å²) in [6.45, 7) is 4.31. The van der Waals surface area contributed by atoms with E-state index in [1.807, 2.05) is 0 Å². The first kappa shape index (κ1) is 15.0. The zero-order valence-corrected chi connectivity index (χ0v) is 12.9. The van der Waals surface area contributed by atoms with Crippen molar-refractivity contribution in [2.45, 2.75) is 64.3 Å². The van der Waals surface area contributed by atoms with Crippen molar-refractivity contribution in [1.82, 2.24) is 9.97 Å². The number of nitrogen functional groups attached to an aromatic ring is 1. The lowest BCUT2D eigenvalue weighted by Crippen LogP contribution is -2.33. The first-order valence-corrected chi connectivity index (χ1v) is 7.69. The highest BCUT2D eigenvalue weighted by Gasteiger charge is 2.23. The number of aromatic nitrogens is 2. The number of anilines is 2. The molecule has 0 radical (unpaired) electrons. The second-order valence-electron chi connectivity index (χ2n) is 6.01. The molecule has 1 fully saturated rings. The van der Waals surface area contributed by atoms with Crippen molar-refractivity contribution in [3.8, 4) is 0 Å². The smallest absolute Gasteiger partial charge is 0.148 e. The molecule has 1 heterocycles. The number of hydrogen-bond donors (Lipinski definition) is 2. The summed E-state index contributed by atoms with van der Waals surface area (Å²) in [5.74, 6) is 7.70. The summed E-state index contributed by atoms with van der Waals surface area (Å²) in [7, 11) is 2.16. The molecule has 0 aliphatic heterocycles. The molecule has 112 valence electrons. The Morgan fingerprint density at radius 1 is 1.20 bits per heavy atom. The van der Waals surface area contributed by atoms with E-state index in [-0.39, 0.29) is 0 Å². The molecule has 1 aromatic heterocycles. The number of hydrazine groups is 1. The number of rotatable bonds is 4. The Hall–Kier alpha value is -1.36. The van der Waals surface area contributed by atoms with E-state index in [4.69, 9.17) is 5.84 Å². The Balaban J connectivity index is 2.30. The average Bonchev–Trinajstić information content (AvgIpc) is 2.74. The Kier molecular flexibility index (Phi) is 5.17. The van der Waals surface area contributed by atoms with Gasteiger partial charge in [0.25, 0.3) is 0 Å². The van der Waals surface area contributed by atoms with Crippen LogP contribution in [-0.4, -0.2) is 23.1 Å². The molecule has 20 heavy (non-hydrogen) atoms. The van der Waals surface area contributed by atoms with Crippen molar-refractivity contribution in [1.29, 1.82) is 0 Å². The van der Waals surface area contributed by atoms with Gasteiger partial charge in [0.05, 0.1) is 0 Å². The van der Waals surface area contributed by atoms with Gasteiger partial charge >= 0.3 is 0 Å². The van der Waals surface area contributed by atoms with Crippen LogP contribution in [0.2, 0.25) is 0 Å². The van der Waals surface area contributed by atoms with Gasteiger partial charge in [0.2, 0.25) is 0 Å². The summed E-state index contributed by atoms with van der Waals surface area (Å²) in [6, 6.07) is 0.579. The van der Waals surface area contributed by atoms with Crippen LogP contribution in [0.25, 0.3) is 0 Å². The average molecular weight is 277 g/mol. The Morgan fingerprint density at radius 2 is 1.85 bits per heavy atom. The van der Waals surface area contributed by atoms with Crippen LogP contribution in [0.3, 0.4) is 0 Å². The van der Waals surface area contributed by atoms with E-state index >= 15 is 0 Å². The van der Waals surface area contributed by atoms with E-state index in [0.29, 0.717) is 12.0 Å². The van der Waals surface area contributed by atoms with Crippen molar-refractivity contribution in [3.63, 3.8) is 0 Å². The predicted molar refractivity (Wildman–Crippen MR) is 83.8 cm³/mol. The van der Waals surface area contributed by atoms with E-state index in [2.05, 4.69) is 41.2 Å². The van der Waals surface area contributed by atoms with Gasteiger partial charge in [0.1, 0.15) is 18.0 Å². The van der Waals surface area contributed by atoms with Crippen molar-refractivity contribution < 1.29 is 0 Å². The fraction of sp³-hybridized carbons (Fsp3) is 0.733. The minimum absolute atomic E-state index is 0.338. The molecule has 1 aliphatic carbocycles. The maximum Gasteiger partial charge on any atom is 0.148 e. The van der Waals surface area contributed by atoms with Gasteiger partial charge in [-0.05, 0) is 18.8 Å². The van der Waals surface area contributed by atoms with E-state index in [1.54, 1.807) is 6.33 Å². The molecule has 0 amide bonds. The molecule has 3 N–H and O–H groups in total. The summed E-state index contributed by atoms with van der Waals surface area (Å²) in [5, 5.41) is 0. The van der Waals surface area contributed by atoms with Crippen molar-refractivity contribution in [2.75, 3.05) is 17.4 Å². The molecule has 1 aliphatic rings. The molecular weight excluding hydrogens is 250 g/mol. The number of nitrogens with zero attached hydrogens (tertiary/aromatic N) is 3. The molecule has 2 rings (SSSR count). The van der Waals surface area contributed by atoms with Gasteiger partial charge in [-0.15, -0.1) is 0 Å². The van der Waals surface area contributed by atoms with Crippen molar-refractivity contribution in [2.24, 2.45) is 5.84 Å². The molecule has 0 saturated heterocycles. The van der Waals surface area contributed by atoms with Gasteiger partial charge in [-0.25, -0.2) is 15.8 Å². The largest absolute Gasteiger partial charge is 0.356 e. The van der Waals surface area contributed by atoms with Crippen LogP contribution in [0.4, 0.5) is 11.6 Å². The monoisotopic (exact) mass is 277 g/mol. The lowest BCUT2D eigenvalue weighted by Gasteiger charge is -2.31. The SMILES string of the molecule is CC(C)c1c(NN)ncnc1N(C)C1CCCCCC1. The van der Waals surface area contributed by atoms with Gasteiger partial charge in [0, 0.05) is 18.7 Å². The highest BCUT2D eigenvalue weighted by atomic mass is 15.3. The Morgan fingerprint density at radius 3 is 2.40 bits per heavy atom. The molecule has 1 aromatic rings. The van der Waals surface area contributed by atoms with E-state index < -0.39 is 0 Å². The predicted octanol–water partition coefficient (Wildman–Crippen LogP) is 3.04. The van der Waals surface area contributed by atoms with Crippen molar-refractivity contribution >= 4 is 11.6 Å². The maximum atomic E-state index is 5.60. The number of nitrogens with one attached hydrogen (secondary N) is 1. The van der Waals surface area contributed by atoms with Gasteiger partial charge < -0.3 is 10.3 Å². The standard InChI is InChI=1S/C15H27N5/c1-11(2)13-14(19-16)17-10-18-15(13)20(3)12-8-6-4-5-7-9-12/h10-12H,4-9,16H2,1-3H3,(H,17,18,19). The second kappa shape index (κ2) is 6.88. The third kappa shape index (κ3) is 3.20. The topological polar surface area (TPSA) is 67.1 Å². The lowest BCUT2D eigenvalue weighted by atomic mass is 10.0. The summed E-state index contributed by atoms with van der Waals surface area (Å²) >= 11 is 0. The van der Waals surface area contributed by atoms with Crippen LogP contribution < -0.4 is 16.2 Å².